The molecule has 1 aliphatic heterocycles. The average Bonchev–Trinajstić information content (AvgIpc) is 3.15. The molecule has 1 saturated carbocycles. The van der Waals surface area contributed by atoms with Crippen LogP contribution < -0.4 is 0 Å². The van der Waals surface area contributed by atoms with Crippen LogP contribution >= 0.6 is 11.6 Å². The molecule has 3 aliphatic carbocycles. The minimum absolute atomic E-state index is 0.154. The Labute approximate surface area is 174 Å². The molecule has 1 aromatic heterocycles. The number of carbonyl (C=O) groups excluding carboxylic acids is 2. The van der Waals surface area contributed by atoms with Crippen molar-refractivity contribution in [2.75, 3.05) is 0 Å². The molecule has 2 bridgehead atoms. The van der Waals surface area contributed by atoms with Crippen LogP contribution in [0.2, 0.25) is 5.02 Å². The number of rotatable bonds is 3. The Balaban J connectivity index is 1.45. The lowest BCUT2D eigenvalue weighted by atomic mass is 9.63. The van der Waals surface area contributed by atoms with E-state index in [4.69, 9.17) is 11.6 Å². The number of amides is 2. The third-order valence-electron chi connectivity index (χ3n) is 6.59. The SMILES string of the molecule is Cc1cc(/C=N\N2C(=O)[C@@H]3[C@@H](C2=O)[C@H]2C=C[C@H]3CC2)c(C)n1-c1cccc(Cl)c1. The first-order valence-corrected chi connectivity index (χ1v) is 10.4. The van der Waals surface area contributed by atoms with E-state index in [1.165, 1.54) is 0 Å². The second kappa shape index (κ2) is 6.70. The van der Waals surface area contributed by atoms with Gasteiger partial charge in [-0.25, -0.2) is 0 Å². The number of fused-ring (bicyclic) bond motifs is 1. The summed E-state index contributed by atoms with van der Waals surface area (Å²) in [5, 5.41) is 6.13. The van der Waals surface area contributed by atoms with Crippen LogP contribution in [-0.4, -0.2) is 27.6 Å². The summed E-state index contributed by atoms with van der Waals surface area (Å²) in [5.74, 6) is -0.424. The summed E-state index contributed by atoms with van der Waals surface area (Å²) in [6, 6.07) is 9.66. The number of aryl methyl sites for hydroxylation is 1. The summed E-state index contributed by atoms with van der Waals surface area (Å²) in [6.45, 7) is 4.00. The molecule has 1 aromatic carbocycles. The van der Waals surface area contributed by atoms with Crippen LogP contribution in [0.1, 0.15) is 29.8 Å². The fourth-order valence-corrected chi connectivity index (χ4v) is 5.41. The van der Waals surface area contributed by atoms with Gasteiger partial charge in [-0.2, -0.15) is 10.1 Å². The van der Waals surface area contributed by atoms with E-state index in [-0.39, 0.29) is 35.5 Å². The predicted octanol–water partition coefficient (Wildman–Crippen LogP) is 4.28. The zero-order chi connectivity index (χ0) is 20.3. The number of carbonyl (C=O) groups is 2. The molecule has 6 rings (SSSR count). The van der Waals surface area contributed by atoms with Crippen molar-refractivity contribution in [2.45, 2.75) is 26.7 Å². The number of benzene rings is 1. The number of aromatic nitrogens is 1. The minimum Gasteiger partial charge on any atom is -0.318 e. The number of hydrogen-bond donors (Lipinski definition) is 0. The maximum atomic E-state index is 12.9. The molecule has 5 nitrogen and oxygen atoms in total. The summed E-state index contributed by atoms with van der Waals surface area (Å²) >= 11 is 6.15. The number of hydrogen-bond acceptors (Lipinski definition) is 3. The van der Waals surface area contributed by atoms with E-state index in [0.29, 0.717) is 5.02 Å². The summed E-state index contributed by atoms with van der Waals surface area (Å²) in [6.07, 6.45) is 7.84. The van der Waals surface area contributed by atoms with Gasteiger partial charge >= 0.3 is 0 Å². The molecule has 4 aliphatic rings. The Kier molecular flexibility index (Phi) is 4.24. The molecule has 148 valence electrons. The van der Waals surface area contributed by atoms with Crippen LogP contribution in [0.15, 0.2) is 47.6 Å². The molecule has 0 N–H and O–H groups in total. The van der Waals surface area contributed by atoms with Crippen LogP contribution in [0.3, 0.4) is 0 Å². The Morgan fingerprint density at radius 2 is 1.69 bits per heavy atom. The van der Waals surface area contributed by atoms with Crippen LogP contribution in [0.25, 0.3) is 5.69 Å². The highest BCUT2D eigenvalue weighted by molar-refractivity contribution is 6.30. The van der Waals surface area contributed by atoms with Crippen molar-refractivity contribution in [2.24, 2.45) is 28.8 Å². The second-order valence-electron chi connectivity index (χ2n) is 8.22. The zero-order valence-electron chi connectivity index (χ0n) is 16.4. The van der Waals surface area contributed by atoms with E-state index in [0.717, 1.165) is 40.5 Å². The van der Waals surface area contributed by atoms with E-state index >= 15 is 0 Å². The van der Waals surface area contributed by atoms with Gasteiger partial charge in [0.05, 0.1) is 18.1 Å². The topological polar surface area (TPSA) is 54.7 Å². The number of allylic oxidation sites excluding steroid dienone is 2. The van der Waals surface area contributed by atoms with Crippen LogP contribution in [-0.2, 0) is 9.59 Å². The summed E-state index contributed by atoms with van der Waals surface area (Å²) in [5.41, 5.74) is 3.85. The van der Waals surface area contributed by atoms with Gasteiger partial charge in [0.1, 0.15) is 0 Å². The van der Waals surface area contributed by atoms with Gasteiger partial charge in [-0.3, -0.25) is 9.59 Å². The van der Waals surface area contributed by atoms with Gasteiger partial charge in [0, 0.05) is 27.7 Å². The number of halogens is 1. The smallest absolute Gasteiger partial charge is 0.254 e. The third-order valence-corrected chi connectivity index (χ3v) is 6.82. The third kappa shape index (κ3) is 2.79. The monoisotopic (exact) mass is 407 g/mol. The van der Waals surface area contributed by atoms with Gasteiger partial charge in [-0.15, -0.1) is 0 Å². The normalized spacial score (nSPS) is 28.0. The maximum absolute atomic E-state index is 12.9. The van der Waals surface area contributed by atoms with Gasteiger partial charge in [0.25, 0.3) is 11.8 Å². The predicted molar refractivity (Wildman–Crippen MR) is 112 cm³/mol. The first-order chi connectivity index (χ1) is 14.0. The fourth-order valence-electron chi connectivity index (χ4n) is 5.22. The maximum Gasteiger partial charge on any atom is 0.254 e. The molecule has 2 heterocycles. The lowest BCUT2D eigenvalue weighted by Crippen LogP contribution is -2.38. The van der Waals surface area contributed by atoms with Crippen molar-refractivity contribution in [3.8, 4) is 5.69 Å². The van der Waals surface area contributed by atoms with E-state index in [1.54, 1.807) is 6.21 Å². The molecule has 0 spiro atoms. The van der Waals surface area contributed by atoms with Crippen LogP contribution in [0, 0.1) is 37.5 Å². The highest BCUT2D eigenvalue weighted by atomic mass is 35.5. The Morgan fingerprint density at radius 3 is 2.28 bits per heavy atom. The lowest BCUT2D eigenvalue weighted by Gasteiger charge is -2.37. The van der Waals surface area contributed by atoms with Crippen LogP contribution in [0.5, 0.6) is 0 Å². The first-order valence-electron chi connectivity index (χ1n) is 10.0. The molecule has 0 radical (unpaired) electrons. The van der Waals surface area contributed by atoms with E-state index in [9.17, 15) is 9.59 Å². The first kappa shape index (κ1) is 18.4. The van der Waals surface area contributed by atoms with Gasteiger partial charge in [-0.1, -0.05) is 29.8 Å². The van der Waals surface area contributed by atoms with Crippen molar-refractivity contribution in [1.29, 1.82) is 0 Å². The molecule has 29 heavy (non-hydrogen) atoms. The molecule has 4 atom stereocenters. The molecule has 1 saturated heterocycles. The molecular weight excluding hydrogens is 386 g/mol. The van der Waals surface area contributed by atoms with E-state index in [2.05, 4.69) is 21.8 Å². The molecule has 2 aromatic rings. The Bertz CT molecular complexity index is 1050. The van der Waals surface area contributed by atoms with Gasteiger partial charge in [-0.05, 0) is 62.8 Å². The van der Waals surface area contributed by atoms with E-state index < -0.39 is 0 Å². The van der Waals surface area contributed by atoms with Gasteiger partial charge in [0.2, 0.25) is 0 Å². The average molecular weight is 408 g/mol. The highest BCUT2D eigenvalue weighted by Crippen LogP contribution is 2.49. The van der Waals surface area contributed by atoms with E-state index in [1.807, 2.05) is 44.2 Å². The molecule has 0 unspecified atom stereocenters. The summed E-state index contributed by atoms with van der Waals surface area (Å²) in [4.78, 5) is 25.8. The second-order valence-corrected chi connectivity index (χ2v) is 8.65. The van der Waals surface area contributed by atoms with Crippen molar-refractivity contribution in [1.82, 2.24) is 9.58 Å². The Morgan fingerprint density at radius 1 is 1.03 bits per heavy atom. The van der Waals surface area contributed by atoms with Crippen molar-refractivity contribution >= 4 is 29.6 Å². The molecule has 6 heteroatoms. The minimum atomic E-state index is -0.234. The number of nitrogens with zero attached hydrogens (tertiary/aromatic N) is 3. The summed E-state index contributed by atoms with van der Waals surface area (Å²) < 4.78 is 2.09. The van der Waals surface area contributed by atoms with Crippen molar-refractivity contribution in [3.63, 3.8) is 0 Å². The zero-order valence-corrected chi connectivity index (χ0v) is 17.1. The largest absolute Gasteiger partial charge is 0.318 e. The van der Waals surface area contributed by atoms with Gasteiger partial charge < -0.3 is 4.57 Å². The molecule has 2 amide bonds. The van der Waals surface area contributed by atoms with Gasteiger partial charge in [0.15, 0.2) is 0 Å². The highest BCUT2D eigenvalue weighted by Gasteiger charge is 2.56. The number of hydrazone groups is 1. The quantitative estimate of drug-likeness (QED) is 0.433. The van der Waals surface area contributed by atoms with Crippen LogP contribution in [0.4, 0.5) is 0 Å². The van der Waals surface area contributed by atoms with Crippen molar-refractivity contribution in [3.05, 3.63) is 64.5 Å². The standard InChI is InChI=1S/C23H22ClN3O2/c1-13-10-17(14(2)26(13)19-5-3-4-18(24)11-19)12-25-27-22(28)20-15-6-7-16(9-8-15)21(20)23(27)29/h3-7,10-12,15-16,20-21H,8-9H2,1-2H3/b25-12-/t15-,16-,20-,21-/m0/s1. The molecular formula is C23H22ClN3O2. The number of imide groups is 1. The summed E-state index contributed by atoms with van der Waals surface area (Å²) in [7, 11) is 0. The Hall–Kier alpha value is -2.66. The fraction of sp³-hybridized carbons (Fsp3) is 0.348. The lowest BCUT2D eigenvalue weighted by molar-refractivity contribution is -0.140. The van der Waals surface area contributed by atoms with Crippen molar-refractivity contribution < 1.29 is 9.59 Å². The molecule has 2 fully saturated rings.